The highest BCUT2D eigenvalue weighted by atomic mass is 14.3. The minimum Gasteiger partial charge on any atom is -0.0940 e. The monoisotopic (exact) mass is 530 g/mol. The predicted octanol–water partition coefficient (Wildman–Crippen LogP) is 11.3. The summed E-state index contributed by atoms with van der Waals surface area (Å²) in [7, 11) is 0. The van der Waals surface area contributed by atoms with Crippen LogP contribution in [0.25, 0.3) is 0 Å². The van der Waals surface area contributed by atoms with Crippen molar-refractivity contribution in [3.8, 4) is 23.7 Å². The van der Waals surface area contributed by atoms with Crippen LogP contribution in [0, 0.1) is 34.5 Å². The highest BCUT2D eigenvalue weighted by molar-refractivity contribution is 5.47. The van der Waals surface area contributed by atoms with Crippen LogP contribution in [0.5, 0.6) is 0 Å². The zero-order valence-electron chi connectivity index (χ0n) is 26.8. The van der Waals surface area contributed by atoms with Crippen molar-refractivity contribution in [2.24, 2.45) is 10.8 Å². The van der Waals surface area contributed by atoms with Gasteiger partial charge in [-0.3, -0.25) is 0 Å². The van der Waals surface area contributed by atoms with Crippen LogP contribution >= 0.6 is 0 Å². The largest absolute Gasteiger partial charge is 0.0940 e. The van der Waals surface area contributed by atoms with Gasteiger partial charge in [-0.25, -0.2) is 0 Å². The van der Waals surface area contributed by atoms with Crippen LogP contribution in [0.4, 0.5) is 0 Å². The van der Waals surface area contributed by atoms with Gasteiger partial charge in [-0.15, -0.1) is 0 Å². The van der Waals surface area contributed by atoms with Gasteiger partial charge in [-0.2, -0.15) is 0 Å². The molecule has 0 amide bonds. The molecule has 0 fully saturated rings. The van der Waals surface area contributed by atoms with E-state index in [9.17, 15) is 0 Å². The van der Waals surface area contributed by atoms with Gasteiger partial charge in [0.05, 0.1) is 0 Å². The van der Waals surface area contributed by atoms with Gasteiger partial charge in [-0.05, 0) is 94.6 Å². The summed E-state index contributed by atoms with van der Waals surface area (Å²) < 4.78 is 0. The van der Waals surface area contributed by atoms with E-state index in [4.69, 9.17) is 0 Å². The number of hydrogen-bond donors (Lipinski definition) is 0. The van der Waals surface area contributed by atoms with E-state index in [0.29, 0.717) is 0 Å². The molecule has 0 nitrogen and oxygen atoms in total. The first-order valence-electron chi connectivity index (χ1n) is 14.6. The van der Waals surface area contributed by atoms with Gasteiger partial charge in [-0.1, -0.05) is 135 Å². The molecule has 2 aliphatic rings. The summed E-state index contributed by atoms with van der Waals surface area (Å²) in [6, 6.07) is 0. The zero-order chi connectivity index (χ0) is 29.8. The summed E-state index contributed by atoms with van der Waals surface area (Å²) in [5.41, 5.74) is 10.5. The highest BCUT2D eigenvalue weighted by Crippen LogP contribution is 2.41. The third-order valence-electron chi connectivity index (χ3n) is 7.62. The van der Waals surface area contributed by atoms with E-state index in [-0.39, 0.29) is 10.8 Å². The zero-order valence-corrected chi connectivity index (χ0v) is 26.8. The molecule has 2 aliphatic carbocycles. The molecule has 0 heteroatoms. The molecule has 0 aromatic heterocycles. The molecule has 0 unspecified atom stereocenters. The van der Waals surface area contributed by atoms with Crippen molar-refractivity contribution in [1.29, 1.82) is 0 Å². The molecule has 0 aliphatic heterocycles. The van der Waals surface area contributed by atoms with Crippen LogP contribution in [-0.2, 0) is 0 Å². The maximum atomic E-state index is 3.24. The van der Waals surface area contributed by atoms with Gasteiger partial charge in [0.25, 0.3) is 0 Å². The van der Waals surface area contributed by atoms with Crippen LogP contribution in [0.2, 0.25) is 0 Å². The van der Waals surface area contributed by atoms with Crippen LogP contribution in [0.3, 0.4) is 0 Å². The van der Waals surface area contributed by atoms with E-state index in [1.165, 1.54) is 52.7 Å². The van der Waals surface area contributed by atoms with Gasteiger partial charge in [0.15, 0.2) is 0 Å². The summed E-state index contributed by atoms with van der Waals surface area (Å²) >= 11 is 0. The Bertz CT molecular complexity index is 1370. The van der Waals surface area contributed by atoms with Crippen LogP contribution in [0.15, 0.2) is 117 Å². The number of hydrogen-bond acceptors (Lipinski definition) is 0. The van der Waals surface area contributed by atoms with E-state index in [1.54, 1.807) is 0 Å². The fourth-order valence-corrected chi connectivity index (χ4v) is 5.11. The van der Waals surface area contributed by atoms with Crippen molar-refractivity contribution < 1.29 is 0 Å². The SMILES string of the molecule is CC1=CC=CC(C)(C)/C1=C\C=C(/C)C#C/C=C(\C)C#CC/C=C(C)/C=C/C=C(C)/C=C/C1=C(C)CCCC1(C)C. The minimum atomic E-state index is 0.0496. The van der Waals surface area contributed by atoms with Crippen LogP contribution in [0.1, 0.15) is 94.9 Å². The fourth-order valence-electron chi connectivity index (χ4n) is 5.11. The molecule has 2 rings (SSSR count). The van der Waals surface area contributed by atoms with Gasteiger partial charge in [0, 0.05) is 17.4 Å². The molecule has 0 heterocycles. The first kappa shape index (κ1) is 32.7. The Morgan fingerprint density at radius 3 is 2.38 bits per heavy atom. The van der Waals surface area contributed by atoms with Crippen molar-refractivity contribution in [2.75, 3.05) is 0 Å². The Morgan fingerprint density at radius 1 is 0.925 bits per heavy atom. The predicted molar refractivity (Wildman–Crippen MR) is 179 cm³/mol. The number of allylic oxidation sites excluding steroid dienone is 20. The average molecular weight is 531 g/mol. The maximum Gasteiger partial charge on any atom is 0.0278 e. The van der Waals surface area contributed by atoms with Gasteiger partial charge in [0.1, 0.15) is 0 Å². The molecule has 0 N–H and O–H groups in total. The lowest BCUT2D eigenvalue weighted by atomic mass is 9.72. The van der Waals surface area contributed by atoms with Crippen molar-refractivity contribution in [1.82, 2.24) is 0 Å². The van der Waals surface area contributed by atoms with Crippen LogP contribution in [-0.4, -0.2) is 0 Å². The van der Waals surface area contributed by atoms with Crippen molar-refractivity contribution >= 4 is 0 Å². The number of rotatable bonds is 6. The lowest BCUT2D eigenvalue weighted by Gasteiger charge is -2.32. The Hall–Kier alpha value is -3.48. The molecule has 0 spiro atoms. The molecule has 0 bridgehead atoms. The summed E-state index contributed by atoms with van der Waals surface area (Å²) in [5, 5.41) is 0. The van der Waals surface area contributed by atoms with E-state index in [2.05, 4.69) is 146 Å². The third-order valence-corrected chi connectivity index (χ3v) is 7.62. The summed E-state index contributed by atoms with van der Waals surface area (Å²) in [5.74, 6) is 12.8. The van der Waals surface area contributed by atoms with Crippen molar-refractivity contribution in [2.45, 2.75) is 94.9 Å². The minimum absolute atomic E-state index is 0.0496. The average Bonchev–Trinajstić information content (AvgIpc) is 2.85. The molecule has 0 saturated heterocycles. The molecule has 0 aromatic rings. The van der Waals surface area contributed by atoms with Crippen molar-refractivity contribution in [3.05, 3.63) is 117 Å². The second-order valence-electron chi connectivity index (χ2n) is 12.4. The third kappa shape index (κ3) is 10.9. The Morgan fingerprint density at radius 2 is 1.68 bits per heavy atom. The maximum absolute atomic E-state index is 3.24. The highest BCUT2D eigenvalue weighted by Gasteiger charge is 2.26. The molecular weight excluding hydrogens is 480 g/mol. The Kier molecular flexibility index (Phi) is 12.6. The molecule has 0 saturated carbocycles. The van der Waals surface area contributed by atoms with Gasteiger partial charge in [0.2, 0.25) is 0 Å². The normalized spacial score (nSPS) is 20.9. The topological polar surface area (TPSA) is 0 Å². The second-order valence-corrected chi connectivity index (χ2v) is 12.4. The van der Waals surface area contributed by atoms with E-state index < -0.39 is 0 Å². The molecule has 0 aromatic carbocycles. The van der Waals surface area contributed by atoms with Crippen LogP contribution < -0.4 is 0 Å². The lowest BCUT2D eigenvalue weighted by Crippen LogP contribution is -2.19. The van der Waals surface area contributed by atoms with E-state index in [1.807, 2.05) is 19.9 Å². The summed E-state index contributed by atoms with van der Waals surface area (Å²) in [4.78, 5) is 0. The van der Waals surface area contributed by atoms with E-state index in [0.717, 1.165) is 17.6 Å². The van der Waals surface area contributed by atoms with Crippen molar-refractivity contribution in [3.63, 3.8) is 0 Å². The fraction of sp³-hybridized carbons (Fsp3) is 0.400. The first-order chi connectivity index (χ1) is 18.8. The summed E-state index contributed by atoms with van der Waals surface area (Å²) in [6.45, 7) is 22.0. The molecule has 40 heavy (non-hydrogen) atoms. The molecule has 0 atom stereocenters. The van der Waals surface area contributed by atoms with E-state index >= 15 is 0 Å². The Labute approximate surface area is 246 Å². The summed E-state index contributed by atoms with van der Waals surface area (Å²) in [6.07, 6.45) is 30.5. The van der Waals surface area contributed by atoms with Gasteiger partial charge >= 0.3 is 0 Å². The Balaban J connectivity index is 1.90. The molecular formula is C40H50. The smallest absolute Gasteiger partial charge is 0.0278 e. The molecule has 210 valence electrons. The first-order valence-corrected chi connectivity index (χ1v) is 14.6. The second kappa shape index (κ2) is 15.3. The lowest BCUT2D eigenvalue weighted by molar-refractivity contribution is 0.377. The standard InChI is InChI=1S/C40H50/c1-31(19-13-21-33(3)25-27-37-35(5)23-15-29-39(37,7)8)17-11-12-18-32(2)20-14-22-34(4)26-28-38-36(6)24-16-30-40(38,9)10/h13,16-17,19-21,24-28,30H,11,15,23,29H2,1-10H3/b19-13+,27-25+,31-17+,32-20+,33-21+,34-26+,38-28-. The quantitative estimate of drug-likeness (QED) is 0.237. The van der Waals surface area contributed by atoms with Gasteiger partial charge < -0.3 is 0 Å². The molecule has 0 radical (unpaired) electrons.